The van der Waals surface area contributed by atoms with Crippen LogP contribution < -0.4 is 5.32 Å². The van der Waals surface area contributed by atoms with Crippen LogP contribution in [0.1, 0.15) is 17.4 Å². The summed E-state index contributed by atoms with van der Waals surface area (Å²) >= 11 is 10.9. The van der Waals surface area contributed by atoms with E-state index < -0.39 is 35.2 Å². The Kier molecular flexibility index (Phi) is 6.52. The third-order valence-electron chi connectivity index (χ3n) is 4.58. The van der Waals surface area contributed by atoms with E-state index in [0.29, 0.717) is 11.3 Å². The third-order valence-corrected chi connectivity index (χ3v) is 4.98. The number of alkyl halides is 3. The molecule has 1 fully saturated rings. The van der Waals surface area contributed by atoms with Crippen molar-refractivity contribution < 1.29 is 24.1 Å². The fourth-order valence-electron chi connectivity index (χ4n) is 2.84. The number of nitrogens with one attached hydrogen (secondary N) is 1. The quantitative estimate of drug-likeness (QED) is 0.588. The predicted octanol–water partition coefficient (Wildman–Crippen LogP) is 2.26. The van der Waals surface area contributed by atoms with Crippen LogP contribution in [0.5, 0.6) is 0 Å². The molecule has 0 unspecified atom stereocenters. The molecule has 3 N–H and O–H groups in total. The van der Waals surface area contributed by atoms with Crippen LogP contribution in [-0.2, 0) is 15.1 Å². The lowest BCUT2D eigenvalue weighted by atomic mass is 9.95. The molecule has 1 aliphatic heterocycles. The fraction of sp³-hybridized carbons (Fsp3) is 0.368. The minimum atomic E-state index is -1.34. The van der Waals surface area contributed by atoms with Gasteiger partial charge in [-0.3, -0.25) is 9.78 Å². The summed E-state index contributed by atoms with van der Waals surface area (Å²) in [6.07, 6.45) is 0.381. The maximum Gasteiger partial charge on any atom is 0.253 e. The SMILES string of the molecule is O=C(N[C@H](CF)[C@H](O)c1ccc(-c2ccc(C3(O)COC3)nc2)cc1)C(Cl)Cl. The van der Waals surface area contributed by atoms with Gasteiger partial charge in [0.1, 0.15) is 12.8 Å². The Bertz CT molecular complexity index is 814. The average Bonchev–Trinajstić information content (AvgIpc) is 2.69. The molecule has 2 atom stereocenters. The van der Waals surface area contributed by atoms with Gasteiger partial charge in [-0.25, -0.2) is 4.39 Å². The van der Waals surface area contributed by atoms with Crippen molar-refractivity contribution in [2.24, 2.45) is 0 Å². The number of rotatable bonds is 7. The van der Waals surface area contributed by atoms with Gasteiger partial charge >= 0.3 is 0 Å². The van der Waals surface area contributed by atoms with Gasteiger partial charge in [0.05, 0.1) is 24.9 Å². The van der Waals surface area contributed by atoms with Crippen LogP contribution in [0.15, 0.2) is 42.6 Å². The normalized spacial score (nSPS) is 17.6. The van der Waals surface area contributed by atoms with Crippen LogP contribution >= 0.6 is 23.2 Å². The molecule has 0 spiro atoms. The van der Waals surface area contributed by atoms with E-state index in [2.05, 4.69) is 10.3 Å². The molecule has 2 aromatic rings. The number of aliphatic hydroxyl groups is 2. The summed E-state index contributed by atoms with van der Waals surface area (Å²) in [5.41, 5.74) is 1.60. The van der Waals surface area contributed by atoms with Gasteiger partial charge in [-0.2, -0.15) is 0 Å². The number of hydrogen-bond acceptors (Lipinski definition) is 5. The lowest BCUT2D eigenvalue weighted by Crippen LogP contribution is -2.47. The molecular formula is C19H19Cl2FN2O4. The molecular weight excluding hydrogens is 410 g/mol. The Balaban J connectivity index is 1.71. The van der Waals surface area contributed by atoms with Crippen molar-refractivity contribution in [3.63, 3.8) is 0 Å². The highest BCUT2D eigenvalue weighted by Gasteiger charge is 2.39. The summed E-state index contributed by atoms with van der Waals surface area (Å²) in [6.45, 7) is -0.522. The lowest BCUT2D eigenvalue weighted by Gasteiger charge is -2.35. The zero-order chi connectivity index (χ0) is 20.3. The number of amides is 1. The third kappa shape index (κ3) is 4.45. The second-order valence-corrected chi connectivity index (χ2v) is 7.69. The topological polar surface area (TPSA) is 91.7 Å². The first-order valence-electron chi connectivity index (χ1n) is 8.53. The molecule has 6 nitrogen and oxygen atoms in total. The average molecular weight is 429 g/mol. The van der Waals surface area contributed by atoms with Crippen molar-refractivity contribution in [1.29, 1.82) is 0 Å². The van der Waals surface area contributed by atoms with Gasteiger partial charge in [-0.15, -0.1) is 0 Å². The highest BCUT2D eigenvalue weighted by atomic mass is 35.5. The van der Waals surface area contributed by atoms with Crippen LogP contribution in [0, 0.1) is 0 Å². The molecule has 0 saturated carbocycles. The Hall–Kier alpha value is -1.77. The number of nitrogens with zero attached hydrogens (tertiary/aromatic N) is 1. The zero-order valence-electron chi connectivity index (χ0n) is 14.7. The van der Waals surface area contributed by atoms with Crippen molar-refractivity contribution in [3.8, 4) is 11.1 Å². The van der Waals surface area contributed by atoms with E-state index >= 15 is 0 Å². The van der Waals surface area contributed by atoms with Gasteiger partial charge in [0.2, 0.25) is 0 Å². The van der Waals surface area contributed by atoms with Crippen molar-refractivity contribution in [1.82, 2.24) is 10.3 Å². The van der Waals surface area contributed by atoms with E-state index in [4.69, 9.17) is 27.9 Å². The molecule has 0 aliphatic carbocycles. The standard InChI is InChI=1S/C19H19Cl2FN2O4/c20-17(21)18(26)24-14(7-22)16(25)12-3-1-11(2-4-12)13-5-6-15(23-8-13)19(27)9-28-10-19/h1-6,8,14,16-17,25,27H,7,9-10H2,(H,24,26)/t14-,16-/m1/s1. The molecule has 1 saturated heterocycles. The van der Waals surface area contributed by atoms with E-state index in [1.165, 1.54) is 0 Å². The molecule has 9 heteroatoms. The maximum atomic E-state index is 13.2. The molecule has 1 aromatic heterocycles. The highest BCUT2D eigenvalue weighted by Crippen LogP contribution is 2.29. The smallest absolute Gasteiger partial charge is 0.253 e. The van der Waals surface area contributed by atoms with E-state index in [0.717, 1.165) is 11.1 Å². The summed E-state index contributed by atoms with van der Waals surface area (Å²) in [4.78, 5) is 14.5. The van der Waals surface area contributed by atoms with Crippen molar-refractivity contribution in [3.05, 3.63) is 53.9 Å². The van der Waals surface area contributed by atoms with Crippen molar-refractivity contribution in [2.75, 3.05) is 19.9 Å². The number of benzene rings is 1. The van der Waals surface area contributed by atoms with E-state index in [1.807, 2.05) is 6.07 Å². The van der Waals surface area contributed by atoms with Crippen LogP contribution in [0.4, 0.5) is 4.39 Å². The Morgan fingerprint density at radius 2 is 1.86 bits per heavy atom. The molecule has 3 rings (SSSR count). The number of carbonyl (C=O) groups excluding carboxylic acids is 1. The summed E-state index contributed by atoms with van der Waals surface area (Å²) < 4.78 is 18.3. The highest BCUT2D eigenvalue weighted by molar-refractivity contribution is 6.53. The number of aromatic nitrogens is 1. The minimum Gasteiger partial charge on any atom is -0.386 e. The first kappa shape index (κ1) is 21.0. The number of hydrogen-bond donors (Lipinski definition) is 3. The van der Waals surface area contributed by atoms with Gasteiger partial charge in [-0.1, -0.05) is 53.5 Å². The molecule has 1 aliphatic rings. The molecule has 150 valence electrons. The van der Waals surface area contributed by atoms with Gasteiger partial charge < -0.3 is 20.3 Å². The number of pyridine rings is 1. The van der Waals surface area contributed by atoms with E-state index in [1.54, 1.807) is 36.5 Å². The maximum absolute atomic E-state index is 13.2. The second kappa shape index (κ2) is 8.71. The van der Waals surface area contributed by atoms with Crippen LogP contribution in [0.3, 0.4) is 0 Å². The van der Waals surface area contributed by atoms with Crippen molar-refractivity contribution >= 4 is 29.1 Å². The molecule has 1 aromatic carbocycles. The Labute approximate surface area is 171 Å². The molecule has 0 bridgehead atoms. The van der Waals surface area contributed by atoms with Crippen molar-refractivity contribution in [2.45, 2.75) is 22.6 Å². The van der Waals surface area contributed by atoms with Gasteiger partial charge in [0, 0.05) is 11.8 Å². The van der Waals surface area contributed by atoms with Crippen LogP contribution in [0.25, 0.3) is 11.1 Å². The minimum absolute atomic E-state index is 0.229. The van der Waals surface area contributed by atoms with Gasteiger partial charge in [0.15, 0.2) is 10.4 Å². The Morgan fingerprint density at radius 1 is 1.21 bits per heavy atom. The summed E-state index contributed by atoms with van der Waals surface area (Å²) in [6, 6.07) is 9.17. The zero-order valence-corrected chi connectivity index (χ0v) is 16.2. The number of ether oxygens (including phenoxy) is 1. The number of carbonyl (C=O) groups is 1. The monoisotopic (exact) mass is 428 g/mol. The molecule has 1 amide bonds. The fourth-order valence-corrected chi connectivity index (χ4v) is 2.96. The van der Waals surface area contributed by atoms with Crippen LogP contribution in [0.2, 0.25) is 0 Å². The van der Waals surface area contributed by atoms with Gasteiger partial charge in [-0.05, 0) is 17.2 Å². The van der Waals surface area contributed by atoms with E-state index in [-0.39, 0.29) is 13.2 Å². The molecule has 0 radical (unpaired) electrons. The Morgan fingerprint density at radius 3 is 2.32 bits per heavy atom. The number of aliphatic hydroxyl groups excluding tert-OH is 1. The first-order chi connectivity index (χ1) is 13.3. The molecule has 28 heavy (non-hydrogen) atoms. The first-order valence-corrected chi connectivity index (χ1v) is 9.41. The van der Waals surface area contributed by atoms with E-state index in [9.17, 15) is 19.4 Å². The largest absolute Gasteiger partial charge is 0.386 e. The summed E-state index contributed by atoms with van der Waals surface area (Å²) in [5, 5.41) is 22.8. The summed E-state index contributed by atoms with van der Waals surface area (Å²) in [5.74, 6) is -0.772. The second-order valence-electron chi connectivity index (χ2n) is 6.59. The predicted molar refractivity (Wildman–Crippen MR) is 103 cm³/mol. The summed E-state index contributed by atoms with van der Waals surface area (Å²) in [7, 11) is 0. The van der Waals surface area contributed by atoms with Gasteiger partial charge in [0.25, 0.3) is 5.91 Å². The number of halogens is 3. The van der Waals surface area contributed by atoms with Crippen LogP contribution in [-0.4, -0.2) is 51.9 Å². The lowest BCUT2D eigenvalue weighted by molar-refractivity contribution is -0.186. The molecule has 2 heterocycles.